The Labute approximate surface area is 237 Å². The number of rotatable bonds is 9. The van der Waals surface area contributed by atoms with Gasteiger partial charge in [0.25, 0.3) is 0 Å². The van der Waals surface area contributed by atoms with E-state index in [4.69, 9.17) is 9.47 Å². The van der Waals surface area contributed by atoms with E-state index in [2.05, 4.69) is 52.0 Å². The molecular weight excluding hydrogens is 526 g/mol. The predicted molar refractivity (Wildman–Crippen MR) is 152 cm³/mol. The maximum Gasteiger partial charge on any atom is 0.217 e. The first-order chi connectivity index (χ1) is 19.4. The Morgan fingerprint density at radius 2 is 1.75 bits per heavy atom. The van der Waals surface area contributed by atoms with Crippen LogP contribution in [0.25, 0.3) is 11.1 Å². The molecule has 40 heavy (non-hydrogen) atoms. The van der Waals surface area contributed by atoms with Gasteiger partial charge in [-0.3, -0.25) is 4.79 Å². The molecule has 1 aliphatic rings. The van der Waals surface area contributed by atoms with E-state index in [1.165, 1.54) is 6.92 Å². The zero-order valence-electron chi connectivity index (χ0n) is 22.7. The molecule has 0 radical (unpaired) electrons. The number of aliphatic hydroxyl groups excluding tert-OH is 1. The van der Waals surface area contributed by atoms with Crippen molar-refractivity contribution in [2.24, 2.45) is 13.0 Å². The van der Waals surface area contributed by atoms with E-state index in [0.717, 1.165) is 38.5 Å². The van der Waals surface area contributed by atoms with Crippen LogP contribution in [0.3, 0.4) is 0 Å². The van der Waals surface area contributed by atoms with Crippen LogP contribution in [0.4, 0.5) is 0 Å². The summed E-state index contributed by atoms with van der Waals surface area (Å²) in [6.45, 7) is 4.13. The van der Waals surface area contributed by atoms with Crippen LogP contribution in [0.2, 0.25) is 0 Å². The van der Waals surface area contributed by atoms with Crippen LogP contribution < -0.4 is 5.32 Å². The number of nitrogens with one attached hydrogen (secondary N) is 1. The second kappa shape index (κ2) is 12.7. The molecule has 9 nitrogen and oxygen atoms in total. The Kier molecular flexibility index (Phi) is 8.91. The highest BCUT2D eigenvalue weighted by molar-refractivity contribution is 7.99. The largest absolute Gasteiger partial charge is 0.392 e. The number of hydrogen-bond donors (Lipinski definition) is 2. The summed E-state index contributed by atoms with van der Waals surface area (Å²) in [6, 6.07) is 24.2. The van der Waals surface area contributed by atoms with Gasteiger partial charge in [-0.2, -0.15) is 0 Å². The SMILES string of the molecule is CC(=O)NCc1cccc(-c2cccc([C@H]3O[C@@H](CSc4nnnn4C)[C@@H](C)[C@@H](c4ccc(CO)cc4)O3)c2)c1. The van der Waals surface area contributed by atoms with E-state index in [1.807, 2.05) is 55.6 Å². The number of nitrogens with zero attached hydrogens (tertiary/aromatic N) is 4. The van der Waals surface area contributed by atoms with E-state index in [-0.39, 0.29) is 30.6 Å². The topological polar surface area (TPSA) is 111 Å². The number of benzene rings is 3. The highest BCUT2D eigenvalue weighted by atomic mass is 32.2. The van der Waals surface area contributed by atoms with Gasteiger partial charge in [-0.15, -0.1) is 5.10 Å². The lowest BCUT2D eigenvalue weighted by molar-refractivity contribution is -0.268. The number of aliphatic hydroxyl groups is 1. The van der Waals surface area contributed by atoms with Gasteiger partial charge in [0.05, 0.1) is 18.8 Å². The lowest BCUT2D eigenvalue weighted by Gasteiger charge is -2.41. The van der Waals surface area contributed by atoms with Gasteiger partial charge < -0.3 is 19.9 Å². The number of hydrogen-bond acceptors (Lipinski definition) is 8. The fraction of sp³-hybridized carbons (Fsp3) is 0.333. The Morgan fingerprint density at radius 1 is 1.00 bits per heavy atom. The van der Waals surface area contributed by atoms with Crippen molar-refractivity contribution in [1.82, 2.24) is 25.5 Å². The summed E-state index contributed by atoms with van der Waals surface area (Å²) in [5.74, 6) is 0.654. The minimum absolute atomic E-state index is 0.00307. The van der Waals surface area contributed by atoms with E-state index in [9.17, 15) is 9.90 Å². The Balaban J connectivity index is 1.42. The summed E-state index contributed by atoms with van der Waals surface area (Å²) < 4.78 is 14.9. The molecule has 1 fully saturated rings. The molecule has 0 saturated carbocycles. The number of thioether (sulfide) groups is 1. The summed E-state index contributed by atoms with van der Waals surface area (Å²) >= 11 is 1.56. The molecule has 5 rings (SSSR count). The van der Waals surface area contributed by atoms with Gasteiger partial charge >= 0.3 is 0 Å². The molecule has 4 atom stereocenters. The van der Waals surface area contributed by atoms with Gasteiger partial charge in [-0.1, -0.05) is 79.3 Å². The number of aryl methyl sites for hydroxylation is 1. The molecule has 2 heterocycles. The molecule has 10 heteroatoms. The number of ether oxygens (including phenoxy) is 2. The van der Waals surface area contributed by atoms with Gasteiger partial charge in [-0.25, -0.2) is 4.68 Å². The summed E-state index contributed by atoms with van der Waals surface area (Å²) in [4.78, 5) is 11.4. The molecule has 2 N–H and O–H groups in total. The third kappa shape index (κ3) is 6.59. The van der Waals surface area contributed by atoms with Gasteiger partial charge in [0.15, 0.2) is 6.29 Å². The summed E-state index contributed by atoms with van der Waals surface area (Å²) in [7, 11) is 1.82. The monoisotopic (exact) mass is 559 g/mol. The molecule has 0 bridgehead atoms. The van der Waals surface area contributed by atoms with Crippen LogP contribution in [0.1, 0.15) is 48.5 Å². The molecular formula is C30H33N5O4S. The Hall–Kier alpha value is -3.57. The minimum Gasteiger partial charge on any atom is -0.392 e. The molecule has 0 spiro atoms. The van der Waals surface area contributed by atoms with E-state index >= 15 is 0 Å². The van der Waals surface area contributed by atoms with Crippen molar-refractivity contribution in [2.75, 3.05) is 5.75 Å². The molecule has 1 saturated heterocycles. The van der Waals surface area contributed by atoms with Gasteiger partial charge in [0.2, 0.25) is 11.1 Å². The molecule has 1 amide bonds. The standard InChI is InChI=1S/C30H33N5O4S/c1-19-27(18-40-30-32-33-34-35(30)3)38-29(39-28(19)23-12-10-21(17-36)11-13-23)26-9-5-8-25(15-26)24-7-4-6-22(14-24)16-31-20(2)37/h4-15,19,27-29,36H,16-18H2,1-3H3,(H,31,37)/t19-,27+,28+,29+/m1/s1. The highest BCUT2D eigenvalue weighted by Crippen LogP contribution is 2.43. The summed E-state index contributed by atoms with van der Waals surface area (Å²) in [5.41, 5.74) is 5.92. The van der Waals surface area contributed by atoms with E-state index in [0.29, 0.717) is 12.3 Å². The summed E-state index contributed by atoms with van der Waals surface area (Å²) in [5, 5.41) is 24.9. The zero-order valence-corrected chi connectivity index (χ0v) is 23.5. The van der Waals surface area contributed by atoms with Crippen molar-refractivity contribution < 1.29 is 19.4 Å². The lowest BCUT2D eigenvalue weighted by Crippen LogP contribution is -2.38. The predicted octanol–water partition coefficient (Wildman–Crippen LogP) is 4.59. The molecule has 208 valence electrons. The second-order valence-electron chi connectivity index (χ2n) is 9.95. The van der Waals surface area contributed by atoms with Crippen molar-refractivity contribution in [3.8, 4) is 11.1 Å². The smallest absolute Gasteiger partial charge is 0.217 e. The van der Waals surface area contributed by atoms with Crippen LogP contribution in [-0.2, 0) is 34.5 Å². The van der Waals surface area contributed by atoms with Gasteiger partial charge in [0.1, 0.15) is 0 Å². The third-order valence-corrected chi connectivity index (χ3v) is 8.14. The fourth-order valence-electron chi connectivity index (χ4n) is 4.76. The van der Waals surface area contributed by atoms with Crippen molar-refractivity contribution in [2.45, 2.75) is 50.7 Å². The van der Waals surface area contributed by atoms with Gasteiger partial charge in [-0.05, 0) is 50.4 Å². The first-order valence-electron chi connectivity index (χ1n) is 13.2. The zero-order chi connectivity index (χ0) is 28.1. The van der Waals surface area contributed by atoms with Crippen LogP contribution >= 0.6 is 11.8 Å². The summed E-state index contributed by atoms with van der Waals surface area (Å²) in [6.07, 6.45) is -0.920. The van der Waals surface area contributed by atoms with Crippen LogP contribution in [0.5, 0.6) is 0 Å². The fourth-order valence-corrected chi connectivity index (χ4v) is 5.78. The number of carbonyl (C=O) groups is 1. The maximum atomic E-state index is 11.4. The van der Waals surface area contributed by atoms with Crippen molar-refractivity contribution >= 4 is 17.7 Å². The molecule has 4 aromatic rings. The van der Waals surface area contributed by atoms with Crippen LogP contribution in [-0.4, -0.2) is 43.1 Å². The Morgan fingerprint density at radius 3 is 2.45 bits per heavy atom. The lowest BCUT2D eigenvalue weighted by atomic mass is 9.91. The molecule has 0 aliphatic carbocycles. The van der Waals surface area contributed by atoms with Crippen molar-refractivity contribution in [3.63, 3.8) is 0 Å². The highest BCUT2D eigenvalue weighted by Gasteiger charge is 2.38. The molecule has 1 aromatic heterocycles. The number of carbonyl (C=O) groups excluding carboxylic acids is 1. The molecule has 1 aliphatic heterocycles. The minimum atomic E-state index is -0.579. The van der Waals surface area contributed by atoms with Crippen LogP contribution in [0.15, 0.2) is 78.0 Å². The average molecular weight is 560 g/mol. The number of amides is 1. The second-order valence-corrected chi connectivity index (χ2v) is 10.9. The Bertz CT molecular complexity index is 1440. The van der Waals surface area contributed by atoms with Crippen molar-refractivity contribution in [3.05, 3.63) is 95.1 Å². The maximum absolute atomic E-state index is 11.4. The molecule has 0 unspecified atom stereocenters. The number of tetrazole rings is 1. The van der Waals surface area contributed by atoms with E-state index < -0.39 is 6.29 Å². The first-order valence-corrected chi connectivity index (χ1v) is 14.2. The quantitative estimate of drug-likeness (QED) is 0.287. The van der Waals surface area contributed by atoms with E-state index in [1.54, 1.807) is 16.4 Å². The number of aromatic nitrogens is 4. The van der Waals surface area contributed by atoms with Crippen LogP contribution in [0, 0.1) is 5.92 Å². The third-order valence-electron chi connectivity index (χ3n) is 7.04. The van der Waals surface area contributed by atoms with Crippen molar-refractivity contribution in [1.29, 1.82) is 0 Å². The van der Waals surface area contributed by atoms with Gasteiger partial charge in [0, 0.05) is 37.8 Å². The normalized spacial score (nSPS) is 20.8. The first kappa shape index (κ1) is 28.0. The molecule has 3 aromatic carbocycles. The average Bonchev–Trinajstić information content (AvgIpc) is 3.40.